The fraction of sp³-hybridized carbons (Fsp3) is 0. The van der Waals surface area contributed by atoms with Gasteiger partial charge >= 0.3 is 0 Å². The molecule has 0 atom stereocenters. The van der Waals surface area contributed by atoms with Gasteiger partial charge in [-0.2, -0.15) is 0 Å². The Morgan fingerprint density at radius 3 is 2.27 bits per heavy atom. The molecule has 0 spiro atoms. The van der Waals surface area contributed by atoms with Crippen LogP contribution in [0.1, 0.15) is 5.56 Å². The molecule has 0 unspecified atom stereocenters. The maximum Gasteiger partial charge on any atom is 0.123 e. The molecule has 15 heavy (non-hydrogen) atoms. The average molecular weight is 200 g/mol. The highest BCUT2D eigenvalue weighted by molar-refractivity contribution is 5.74. The maximum atomic E-state index is 12.7. The van der Waals surface area contributed by atoms with Crippen molar-refractivity contribution in [2.45, 2.75) is 0 Å². The van der Waals surface area contributed by atoms with Gasteiger partial charge in [0.1, 0.15) is 5.82 Å². The molecule has 0 amide bonds. The van der Waals surface area contributed by atoms with E-state index in [0.29, 0.717) is 0 Å². The summed E-state index contributed by atoms with van der Waals surface area (Å²) in [6.07, 6.45) is 9.03. The molecule has 1 aromatic carbocycles. The van der Waals surface area contributed by atoms with E-state index in [4.69, 9.17) is 0 Å². The summed E-state index contributed by atoms with van der Waals surface area (Å²) in [4.78, 5) is 0. The number of halogens is 1. The third-order valence-electron chi connectivity index (χ3n) is 1.92. The molecular formula is C14H13F. The van der Waals surface area contributed by atoms with Gasteiger partial charge in [-0.1, -0.05) is 55.7 Å². The average Bonchev–Trinajstić information content (AvgIpc) is 2.26. The monoisotopic (exact) mass is 200 g/mol. The maximum absolute atomic E-state index is 12.7. The van der Waals surface area contributed by atoms with Crippen molar-refractivity contribution >= 4 is 5.57 Å². The molecule has 1 heteroatoms. The predicted octanol–water partition coefficient (Wildman–Crippen LogP) is 4.14. The van der Waals surface area contributed by atoms with E-state index in [1.54, 1.807) is 24.3 Å². The van der Waals surface area contributed by atoms with Gasteiger partial charge in [-0.05, 0) is 23.3 Å². The Morgan fingerprint density at radius 2 is 1.73 bits per heavy atom. The van der Waals surface area contributed by atoms with Gasteiger partial charge in [0, 0.05) is 0 Å². The summed E-state index contributed by atoms with van der Waals surface area (Å²) < 4.78 is 12.7. The third-order valence-corrected chi connectivity index (χ3v) is 1.92. The summed E-state index contributed by atoms with van der Waals surface area (Å²) in [5, 5.41) is 0. The Labute approximate surface area is 89.8 Å². The van der Waals surface area contributed by atoms with Crippen molar-refractivity contribution in [2.24, 2.45) is 0 Å². The molecule has 0 aliphatic carbocycles. The zero-order valence-electron chi connectivity index (χ0n) is 8.49. The minimum absolute atomic E-state index is 0.233. The second-order valence-electron chi connectivity index (χ2n) is 2.95. The van der Waals surface area contributed by atoms with Gasteiger partial charge in [0.15, 0.2) is 0 Å². The zero-order valence-corrected chi connectivity index (χ0v) is 8.49. The number of hydrogen-bond donors (Lipinski definition) is 0. The van der Waals surface area contributed by atoms with Gasteiger partial charge in [0.25, 0.3) is 0 Å². The lowest BCUT2D eigenvalue weighted by atomic mass is 10.1. The first-order valence-electron chi connectivity index (χ1n) is 4.65. The smallest absolute Gasteiger partial charge is 0.123 e. The van der Waals surface area contributed by atoms with Gasteiger partial charge in [-0.25, -0.2) is 4.39 Å². The van der Waals surface area contributed by atoms with Crippen molar-refractivity contribution in [1.82, 2.24) is 0 Å². The Morgan fingerprint density at radius 1 is 1.07 bits per heavy atom. The molecule has 0 radical (unpaired) electrons. The largest absolute Gasteiger partial charge is 0.207 e. The number of benzene rings is 1. The first-order valence-corrected chi connectivity index (χ1v) is 4.65. The van der Waals surface area contributed by atoms with Crippen LogP contribution in [0.25, 0.3) is 5.57 Å². The third kappa shape index (κ3) is 3.39. The topological polar surface area (TPSA) is 0 Å². The quantitative estimate of drug-likeness (QED) is 0.641. The summed E-state index contributed by atoms with van der Waals surface area (Å²) >= 11 is 0. The molecule has 0 aliphatic heterocycles. The predicted molar refractivity (Wildman–Crippen MR) is 63.9 cm³/mol. The van der Waals surface area contributed by atoms with Crippen LogP contribution in [0.3, 0.4) is 0 Å². The second-order valence-corrected chi connectivity index (χ2v) is 2.95. The first kappa shape index (κ1) is 11.2. The standard InChI is InChI=1S/C14H13F/c1-3-5-6-7-12(4-2)13-8-10-14(15)11-9-13/h3-11H,1-2H2/b6-5-,12-7+. The van der Waals surface area contributed by atoms with E-state index in [-0.39, 0.29) is 5.82 Å². The van der Waals surface area contributed by atoms with Crippen molar-refractivity contribution in [3.8, 4) is 0 Å². The summed E-state index contributed by atoms with van der Waals surface area (Å²) in [7, 11) is 0. The minimum atomic E-state index is -0.233. The summed E-state index contributed by atoms with van der Waals surface area (Å²) in [6.45, 7) is 7.29. The van der Waals surface area contributed by atoms with Crippen LogP contribution < -0.4 is 0 Å². The van der Waals surface area contributed by atoms with E-state index >= 15 is 0 Å². The SMILES string of the molecule is C=C/C=C\C=C(/C=C)c1ccc(F)cc1. The first-order chi connectivity index (χ1) is 7.27. The molecule has 0 nitrogen and oxygen atoms in total. The van der Waals surface area contributed by atoms with Gasteiger partial charge in [0.05, 0.1) is 0 Å². The molecule has 0 heterocycles. The summed E-state index contributed by atoms with van der Waals surface area (Å²) in [5.41, 5.74) is 1.90. The van der Waals surface area contributed by atoms with Gasteiger partial charge in [-0.15, -0.1) is 0 Å². The fourth-order valence-corrected chi connectivity index (χ4v) is 1.16. The number of rotatable bonds is 4. The molecular weight excluding hydrogens is 187 g/mol. The fourth-order valence-electron chi connectivity index (χ4n) is 1.16. The normalized spacial score (nSPS) is 11.7. The van der Waals surface area contributed by atoms with Crippen LogP contribution >= 0.6 is 0 Å². The van der Waals surface area contributed by atoms with Crippen LogP contribution in [0, 0.1) is 5.82 Å². The Hall–Kier alpha value is -1.89. The highest BCUT2D eigenvalue weighted by Gasteiger charge is 1.95. The molecule has 1 rings (SSSR count). The van der Waals surface area contributed by atoms with Crippen molar-refractivity contribution in [2.75, 3.05) is 0 Å². The Bertz CT molecular complexity index is 394. The van der Waals surface area contributed by atoms with Crippen LogP contribution in [-0.2, 0) is 0 Å². The molecule has 0 aliphatic rings. The summed E-state index contributed by atoms with van der Waals surface area (Å²) in [5.74, 6) is -0.233. The van der Waals surface area contributed by atoms with E-state index < -0.39 is 0 Å². The highest BCUT2D eigenvalue weighted by Crippen LogP contribution is 2.15. The molecule has 0 saturated heterocycles. The molecule has 0 aromatic heterocycles. The van der Waals surface area contributed by atoms with Gasteiger partial charge in [0.2, 0.25) is 0 Å². The van der Waals surface area contributed by atoms with E-state index in [1.165, 1.54) is 12.1 Å². The highest BCUT2D eigenvalue weighted by atomic mass is 19.1. The van der Waals surface area contributed by atoms with Crippen molar-refractivity contribution in [3.05, 3.63) is 79.2 Å². The van der Waals surface area contributed by atoms with Crippen LogP contribution in [0.2, 0.25) is 0 Å². The van der Waals surface area contributed by atoms with Crippen molar-refractivity contribution < 1.29 is 4.39 Å². The van der Waals surface area contributed by atoms with Crippen LogP contribution in [0.15, 0.2) is 67.8 Å². The second kappa shape index (κ2) is 5.76. The minimum Gasteiger partial charge on any atom is -0.207 e. The van der Waals surface area contributed by atoms with Crippen molar-refractivity contribution in [3.63, 3.8) is 0 Å². The van der Waals surface area contributed by atoms with E-state index in [1.807, 2.05) is 18.2 Å². The van der Waals surface area contributed by atoms with Gasteiger partial charge < -0.3 is 0 Å². The molecule has 0 fully saturated rings. The number of allylic oxidation sites excluding steroid dienone is 6. The van der Waals surface area contributed by atoms with E-state index in [2.05, 4.69) is 13.2 Å². The molecule has 1 aromatic rings. The van der Waals surface area contributed by atoms with Gasteiger partial charge in [-0.3, -0.25) is 0 Å². The lowest BCUT2D eigenvalue weighted by Crippen LogP contribution is -1.80. The number of hydrogen-bond acceptors (Lipinski definition) is 0. The molecule has 0 N–H and O–H groups in total. The lowest BCUT2D eigenvalue weighted by molar-refractivity contribution is 0.627. The molecule has 76 valence electrons. The van der Waals surface area contributed by atoms with E-state index in [9.17, 15) is 4.39 Å². The molecule has 0 bridgehead atoms. The van der Waals surface area contributed by atoms with Crippen LogP contribution in [0.4, 0.5) is 4.39 Å². The zero-order chi connectivity index (χ0) is 11.1. The van der Waals surface area contributed by atoms with Crippen molar-refractivity contribution in [1.29, 1.82) is 0 Å². The van der Waals surface area contributed by atoms with Crippen LogP contribution in [0.5, 0.6) is 0 Å². The summed E-state index contributed by atoms with van der Waals surface area (Å²) in [6, 6.07) is 6.32. The Balaban J connectivity index is 2.96. The van der Waals surface area contributed by atoms with Crippen LogP contribution in [-0.4, -0.2) is 0 Å². The lowest BCUT2D eigenvalue weighted by Gasteiger charge is -2.00. The Kier molecular flexibility index (Phi) is 4.30. The van der Waals surface area contributed by atoms with E-state index in [0.717, 1.165) is 11.1 Å². The molecule has 0 saturated carbocycles.